The average Bonchev–Trinajstić information content (AvgIpc) is 2.30. The van der Waals surface area contributed by atoms with Crippen LogP contribution in [0.1, 0.15) is 17.9 Å². The van der Waals surface area contributed by atoms with Crippen molar-refractivity contribution in [1.29, 1.82) is 0 Å². The van der Waals surface area contributed by atoms with Crippen molar-refractivity contribution in [1.82, 2.24) is 5.32 Å². The third-order valence-corrected chi connectivity index (χ3v) is 2.36. The molecule has 0 aromatic heterocycles. The number of aliphatic carboxylic acids is 1. The zero-order chi connectivity index (χ0) is 11.8. The lowest BCUT2D eigenvalue weighted by molar-refractivity contribution is -0.138. The van der Waals surface area contributed by atoms with E-state index in [0.29, 0.717) is 19.5 Å². The quantitative estimate of drug-likeness (QED) is 0.599. The first-order chi connectivity index (χ1) is 7.75. The maximum atomic E-state index is 11.1. The summed E-state index contributed by atoms with van der Waals surface area (Å²) in [4.78, 5) is 11.1. The average molecular weight is 223 g/mol. The van der Waals surface area contributed by atoms with E-state index in [1.807, 2.05) is 30.3 Å². The largest absolute Gasteiger partial charge is 0.481 e. The Labute approximate surface area is 94.9 Å². The number of aliphatic hydroxyl groups excluding tert-OH is 1. The minimum Gasteiger partial charge on any atom is -0.481 e. The molecule has 0 fully saturated rings. The summed E-state index contributed by atoms with van der Waals surface area (Å²) in [6.07, 6.45) is 0.640. The van der Waals surface area contributed by atoms with Gasteiger partial charge in [0.15, 0.2) is 0 Å². The van der Waals surface area contributed by atoms with Gasteiger partial charge in [0.25, 0.3) is 0 Å². The Morgan fingerprint density at radius 1 is 1.31 bits per heavy atom. The van der Waals surface area contributed by atoms with Crippen LogP contribution in [0.5, 0.6) is 0 Å². The summed E-state index contributed by atoms with van der Waals surface area (Å²) >= 11 is 0. The lowest BCUT2D eigenvalue weighted by Crippen LogP contribution is -2.27. The van der Waals surface area contributed by atoms with Crippen LogP contribution in [0.15, 0.2) is 30.3 Å². The van der Waals surface area contributed by atoms with Crippen LogP contribution < -0.4 is 5.32 Å². The van der Waals surface area contributed by atoms with Gasteiger partial charge in [-0.2, -0.15) is 0 Å². The van der Waals surface area contributed by atoms with Gasteiger partial charge in [-0.25, -0.2) is 0 Å². The highest BCUT2D eigenvalue weighted by Crippen LogP contribution is 2.14. The number of rotatable bonds is 7. The third kappa shape index (κ3) is 4.00. The van der Waals surface area contributed by atoms with E-state index in [1.165, 1.54) is 0 Å². The highest BCUT2D eigenvalue weighted by atomic mass is 16.4. The van der Waals surface area contributed by atoms with Crippen LogP contribution in [0, 0.1) is 0 Å². The molecule has 16 heavy (non-hydrogen) atoms. The summed E-state index contributed by atoms with van der Waals surface area (Å²) < 4.78 is 0. The lowest BCUT2D eigenvalue weighted by atomic mass is 9.99. The van der Waals surface area contributed by atoms with Gasteiger partial charge in [-0.05, 0) is 18.5 Å². The van der Waals surface area contributed by atoms with Gasteiger partial charge >= 0.3 is 5.97 Å². The first-order valence-corrected chi connectivity index (χ1v) is 5.35. The van der Waals surface area contributed by atoms with E-state index in [4.69, 9.17) is 10.2 Å². The third-order valence-electron chi connectivity index (χ3n) is 2.36. The Bertz CT molecular complexity index is 313. The van der Waals surface area contributed by atoms with Crippen molar-refractivity contribution >= 4 is 5.97 Å². The molecule has 0 heterocycles. The van der Waals surface area contributed by atoms with Crippen molar-refractivity contribution in [2.24, 2.45) is 0 Å². The molecule has 4 nitrogen and oxygen atoms in total. The van der Waals surface area contributed by atoms with Crippen LogP contribution >= 0.6 is 0 Å². The van der Waals surface area contributed by atoms with Gasteiger partial charge in [0.05, 0.1) is 5.92 Å². The lowest BCUT2D eigenvalue weighted by Gasteiger charge is -2.13. The van der Waals surface area contributed by atoms with Crippen LogP contribution in [-0.2, 0) is 4.79 Å². The van der Waals surface area contributed by atoms with E-state index in [9.17, 15) is 4.79 Å². The molecule has 0 spiro atoms. The van der Waals surface area contributed by atoms with Crippen LogP contribution in [0.3, 0.4) is 0 Å². The summed E-state index contributed by atoms with van der Waals surface area (Å²) in [5.74, 6) is -1.36. The van der Waals surface area contributed by atoms with Crippen molar-refractivity contribution in [3.63, 3.8) is 0 Å². The predicted molar refractivity (Wildman–Crippen MR) is 61.4 cm³/mol. The number of nitrogens with one attached hydrogen (secondary N) is 1. The number of benzene rings is 1. The van der Waals surface area contributed by atoms with E-state index < -0.39 is 11.9 Å². The zero-order valence-corrected chi connectivity index (χ0v) is 9.10. The monoisotopic (exact) mass is 223 g/mol. The van der Waals surface area contributed by atoms with E-state index in [2.05, 4.69) is 5.32 Å². The van der Waals surface area contributed by atoms with Gasteiger partial charge in [0, 0.05) is 13.2 Å². The maximum absolute atomic E-state index is 11.1. The second-order valence-corrected chi connectivity index (χ2v) is 3.58. The summed E-state index contributed by atoms with van der Waals surface area (Å²) in [5, 5.41) is 20.7. The molecule has 4 heteroatoms. The highest BCUT2D eigenvalue weighted by Gasteiger charge is 2.18. The van der Waals surface area contributed by atoms with Gasteiger partial charge < -0.3 is 15.5 Å². The molecule has 3 N–H and O–H groups in total. The molecule has 1 aromatic carbocycles. The molecule has 1 rings (SSSR count). The molecule has 88 valence electrons. The first kappa shape index (κ1) is 12.7. The molecule has 0 aliphatic heterocycles. The van der Waals surface area contributed by atoms with Gasteiger partial charge in [-0.15, -0.1) is 0 Å². The fourth-order valence-electron chi connectivity index (χ4n) is 1.48. The minimum atomic E-state index is -0.831. The molecule has 0 radical (unpaired) electrons. The Hall–Kier alpha value is -1.39. The Morgan fingerprint density at radius 3 is 2.56 bits per heavy atom. The SMILES string of the molecule is O=C(O)C(CNCCCO)c1ccccc1. The molecule has 0 amide bonds. The summed E-state index contributed by atoms with van der Waals surface area (Å²) in [5.41, 5.74) is 0.798. The number of carboxylic acid groups (broad SMARTS) is 1. The predicted octanol–water partition coefficient (Wildman–Crippen LogP) is 0.827. The van der Waals surface area contributed by atoms with E-state index in [0.717, 1.165) is 5.56 Å². The number of hydrogen-bond acceptors (Lipinski definition) is 3. The fourth-order valence-corrected chi connectivity index (χ4v) is 1.48. The topological polar surface area (TPSA) is 69.6 Å². The van der Waals surface area contributed by atoms with E-state index in [-0.39, 0.29) is 6.61 Å². The van der Waals surface area contributed by atoms with Gasteiger partial charge in [-0.1, -0.05) is 30.3 Å². The molecule has 0 bridgehead atoms. The minimum absolute atomic E-state index is 0.121. The highest BCUT2D eigenvalue weighted by molar-refractivity contribution is 5.76. The number of hydrogen-bond donors (Lipinski definition) is 3. The van der Waals surface area contributed by atoms with Crippen molar-refractivity contribution in [2.45, 2.75) is 12.3 Å². The number of carbonyl (C=O) groups is 1. The molecule has 0 saturated carbocycles. The summed E-state index contributed by atoms with van der Waals surface area (Å²) in [6, 6.07) is 9.15. The maximum Gasteiger partial charge on any atom is 0.312 e. The molecular weight excluding hydrogens is 206 g/mol. The van der Waals surface area contributed by atoms with Crippen LogP contribution in [0.25, 0.3) is 0 Å². The van der Waals surface area contributed by atoms with Gasteiger partial charge in [0.2, 0.25) is 0 Å². The molecule has 0 aliphatic rings. The molecule has 1 atom stereocenters. The first-order valence-electron chi connectivity index (χ1n) is 5.35. The molecular formula is C12H17NO3. The second kappa shape index (κ2) is 6.98. The van der Waals surface area contributed by atoms with E-state index >= 15 is 0 Å². The van der Waals surface area contributed by atoms with Gasteiger partial charge in [0.1, 0.15) is 0 Å². The second-order valence-electron chi connectivity index (χ2n) is 3.58. The smallest absolute Gasteiger partial charge is 0.312 e. The van der Waals surface area contributed by atoms with Crippen molar-refractivity contribution in [3.8, 4) is 0 Å². The van der Waals surface area contributed by atoms with E-state index in [1.54, 1.807) is 0 Å². The fraction of sp³-hybridized carbons (Fsp3) is 0.417. The number of carboxylic acids is 1. The normalized spacial score (nSPS) is 12.3. The Balaban J connectivity index is 2.52. The summed E-state index contributed by atoms with van der Waals surface area (Å²) in [6.45, 7) is 1.14. The molecule has 0 aliphatic carbocycles. The Kier molecular flexibility index (Phi) is 5.53. The molecule has 0 saturated heterocycles. The van der Waals surface area contributed by atoms with Crippen molar-refractivity contribution in [2.75, 3.05) is 19.7 Å². The van der Waals surface area contributed by atoms with Crippen LogP contribution in [0.2, 0.25) is 0 Å². The molecule has 1 unspecified atom stereocenters. The van der Waals surface area contributed by atoms with Crippen LogP contribution in [0.4, 0.5) is 0 Å². The van der Waals surface area contributed by atoms with Crippen LogP contribution in [-0.4, -0.2) is 35.9 Å². The zero-order valence-electron chi connectivity index (χ0n) is 9.10. The number of aliphatic hydroxyl groups is 1. The Morgan fingerprint density at radius 2 is 2.00 bits per heavy atom. The van der Waals surface area contributed by atoms with Crippen molar-refractivity contribution < 1.29 is 15.0 Å². The van der Waals surface area contributed by atoms with Gasteiger partial charge in [-0.3, -0.25) is 4.79 Å². The van der Waals surface area contributed by atoms with Crippen molar-refractivity contribution in [3.05, 3.63) is 35.9 Å². The molecule has 1 aromatic rings. The standard InChI is InChI=1S/C12H17NO3/c14-8-4-7-13-9-11(12(15)16)10-5-2-1-3-6-10/h1-3,5-6,11,13-14H,4,7-9H2,(H,15,16). The summed E-state index contributed by atoms with van der Waals surface area (Å²) in [7, 11) is 0.